The first-order chi connectivity index (χ1) is 12.7. The van der Waals surface area contributed by atoms with E-state index in [9.17, 15) is 4.79 Å². The first-order valence-corrected chi connectivity index (χ1v) is 10.3. The highest BCUT2D eigenvalue weighted by Gasteiger charge is 2.23. The summed E-state index contributed by atoms with van der Waals surface area (Å²) < 4.78 is 6.81. The predicted octanol–water partition coefficient (Wildman–Crippen LogP) is 4.11. The number of urea groups is 1. The maximum Gasteiger partial charge on any atom is 0.322 e. The zero-order chi connectivity index (χ0) is 17.9. The summed E-state index contributed by atoms with van der Waals surface area (Å²) in [4.78, 5) is 21.2. The van der Waals surface area contributed by atoms with E-state index in [0.717, 1.165) is 39.2 Å². The number of thiophene rings is 1. The Morgan fingerprint density at radius 2 is 2.08 bits per heavy atom. The normalized spacial score (nSPS) is 14.7. The third-order valence-electron chi connectivity index (χ3n) is 4.26. The van der Waals surface area contributed by atoms with Crippen LogP contribution in [0.2, 0.25) is 0 Å². The van der Waals surface area contributed by atoms with Gasteiger partial charge in [0.05, 0.1) is 16.3 Å². The van der Waals surface area contributed by atoms with E-state index in [-0.39, 0.29) is 6.03 Å². The molecule has 0 aliphatic carbocycles. The molecule has 0 spiro atoms. The summed E-state index contributed by atoms with van der Waals surface area (Å²) in [6, 6.07) is 9.85. The average Bonchev–Trinajstić information content (AvgIpc) is 3.32. The molecule has 3 heterocycles. The van der Waals surface area contributed by atoms with E-state index in [1.54, 1.807) is 11.3 Å². The lowest BCUT2D eigenvalue weighted by Crippen LogP contribution is -2.50. The molecule has 0 bridgehead atoms. The predicted molar refractivity (Wildman–Crippen MR) is 108 cm³/mol. The zero-order valence-corrected chi connectivity index (χ0v) is 16.1. The summed E-state index contributed by atoms with van der Waals surface area (Å²) in [5.41, 5.74) is 0.923. The molecule has 1 aromatic carbocycles. The largest absolute Gasteiger partial charge is 0.492 e. The molecule has 0 atom stereocenters. The molecular formula is C18H20N4O2S2. The smallest absolute Gasteiger partial charge is 0.322 e. The van der Waals surface area contributed by atoms with Crippen LogP contribution in [0.15, 0.2) is 35.7 Å². The number of carbonyl (C=O) groups is 1. The lowest BCUT2D eigenvalue weighted by Gasteiger charge is -2.34. The van der Waals surface area contributed by atoms with Crippen molar-refractivity contribution in [3.63, 3.8) is 0 Å². The molecule has 0 radical (unpaired) electrons. The molecule has 2 amide bonds. The van der Waals surface area contributed by atoms with Crippen molar-refractivity contribution in [1.29, 1.82) is 0 Å². The van der Waals surface area contributed by atoms with Gasteiger partial charge in [-0.25, -0.2) is 9.78 Å². The number of ether oxygens (including phenoxy) is 1. The van der Waals surface area contributed by atoms with Gasteiger partial charge in [-0.2, -0.15) is 0 Å². The Morgan fingerprint density at radius 3 is 2.81 bits per heavy atom. The molecule has 0 unspecified atom stereocenters. The maximum absolute atomic E-state index is 12.3. The Labute approximate surface area is 160 Å². The third kappa shape index (κ3) is 3.47. The Balaban J connectivity index is 1.42. The van der Waals surface area contributed by atoms with Crippen molar-refractivity contribution >= 4 is 49.1 Å². The fraction of sp³-hybridized carbons (Fsp3) is 0.333. The molecule has 1 aliphatic rings. The molecular weight excluding hydrogens is 368 g/mol. The minimum Gasteiger partial charge on any atom is -0.492 e. The number of anilines is 2. The van der Waals surface area contributed by atoms with Gasteiger partial charge in [0.15, 0.2) is 5.13 Å². The van der Waals surface area contributed by atoms with Gasteiger partial charge in [0, 0.05) is 26.2 Å². The van der Waals surface area contributed by atoms with E-state index in [4.69, 9.17) is 9.72 Å². The molecule has 0 saturated carbocycles. The number of hydrogen-bond acceptors (Lipinski definition) is 6. The number of piperazine rings is 1. The zero-order valence-electron chi connectivity index (χ0n) is 14.5. The van der Waals surface area contributed by atoms with Crippen molar-refractivity contribution in [2.45, 2.75) is 6.92 Å². The Hall–Kier alpha value is -2.32. The van der Waals surface area contributed by atoms with Gasteiger partial charge in [-0.15, -0.1) is 11.3 Å². The van der Waals surface area contributed by atoms with E-state index < -0.39 is 0 Å². The van der Waals surface area contributed by atoms with Gasteiger partial charge in [-0.1, -0.05) is 17.4 Å². The molecule has 4 rings (SSSR count). The fourth-order valence-corrected chi connectivity index (χ4v) is 4.60. The van der Waals surface area contributed by atoms with Gasteiger partial charge < -0.3 is 14.5 Å². The molecule has 2 aromatic heterocycles. The number of amides is 2. The topological polar surface area (TPSA) is 57.7 Å². The van der Waals surface area contributed by atoms with Crippen LogP contribution in [-0.2, 0) is 0 Å². The number of hydrogen-bond donors (Lipinski definition) is 1. The second-order valence-corrected chi connectivity index (χ2v) is 7.87. The van der Waals surface area contributed by atoms with Crippen LogP contribution in [-0.4, -0.2) is 48.7 Å². The van der Waals surface area contributed by atoms with Crippen LogP contribution >= 0.6 is 22.7 Å². The lowest BCUT2D eigenvalue weighted by atomic mass is 10.3. The summed E-state index contributed by atoms with van der Waals surface area (Å²) in [6.45, 7) is 5.54. The molecule has 1 saturated heterocycles. The van der Waals surface area contributed by atoms with Crippen LogP contribution in [0.25, 0.3) is 10.2 Å². The van der Waals surface area contributed by atoms with Crippen LogP contribution in [0, 0.1) is 0 Å². The second kappa shape index (κ2) is 7.51. The number of thiazole rings is 1. The lowest BCUT2D eigenvalue weighted by molar-refractivity contribution is 0.208. The second-order valence-electron chi connectivity index (χ2n) is 5.91. The number of nitrogens with one attached hydrogen (secondary N) is 1. The molecule has 1 aliphatic heterocycles. The van der Waals surface area contributed by atoms with Crippen molar-refractivity contribution < 1.29 is 9.53 Å². The summed E-state index contributed by atoms with van der Waals surface area (Å²) >= 11 is 3.21. The first kappa shape index (κ1) is 17.1. The molecule has 1 N–H and O–H groups in total. The fourth-order valence-electron chi connectivity index (χ4n) is 2.95. The summed E-state index contributed by atoms with van der Waals surface area (Å²) in [5.74, 6) is 0.835. The number of para-hydroxylation sites is 1. The van der Waals surface area contributed by atoms with E-state index in [1.807, 2.05) is 41.5 Å². The standard InChI is InChI=1S/C18H20N4O2S2/c1-2-24-13-5-3-6-14-16(13)20-18(26-14)22-10-8-21(9-11-22)17(23)19-15-7-4-12-25-15/h3-7,12H,2,8-11H2,1H3,(H,19,23). The first-order valence-electron chi connectivity index (χ1n) is 8.61. The highest BCUT2D eigenvalue weighted by Crippen LogP contribution is 2.34. The van der Waals surface area contributed by atoms with Crippen molar-refractivity contribution in [3.8, 4) is 5.75 Å². The molecule has 26 heavy (non-hydrogen) atoms. The highest BCUT2D eigenvalue weighted by atomic mass is 32.1. The summed E-state index contributed by atoms with van der Waals surface area (Å²) in [5, 5.41) is 6.77. The van der Waals surface area contributed by atoms with Crippen LogP contribution in [0.1, 0.15) is 6.92 Å². The molecule has 6 nitrogen and oxygen atoms in total. The highest BCUT2D eigenvalue weighted by molar-refractivity contribution is 7.22. The Kier molecular flexibility index (Phi) is 4.94. The number of nitrogens with zero attached hydrogens (tertiary/aromatic N) is 3. The molecule has 8 heteroatoms. The Bertz CT molecular complexity index is 886. The SMILES string of the molecule is CCOc1cccc2sc(N3CCN(C(=O)Nc4cccs4)CC3)nc12. The maximum atomic E-state index is 12.3. The van der Waals surface area contributed by atoms with Crippen LogP contribution in [0.3, 0.4) is 0 Å². The van der Waals surface area contributed by atoms with Gasteiger partial charge >= 0.3 is 6.03 Å². The van der Waals surface area contributed by atoms with Crippen molar-refractivity contribution in [2.24, 2.45) is 0 Å². The van der Waals surface area contributed by atoms with E-state index in [0.29, 0.717) is 19.7 Å². The van der Waals surface area contributed by atoms with Gasteiger partial charge in [0.1, 0.15) is 11.3 Å². The summed E-state index contributed by atoms with van der Waals surface area (Å²) in [6.07, 6.45) is 0. The molecule has 3 aromatic rings. The van der Waals surface area contributed by atoms with Gasteiger partial charge in [0.25, 0.3) is 0 Å². The number of carbonyl (C=O) groups excluding carboxylic acids is 1. The Morgan fingerprint density at radius 1 is 1.23 bits per heavy atom. The van der Waals surface area contributed by atoms with Crippen molar-refractivity contribution in [2.75, 3.05) is 43.0 Å². The van der Waals surface area contributed by atoms with E-state index in [2.05, 4.69) is 16.3 Å². The minimum absolute atomic E-state index is 0.0324. The van der Waals surface area contributed by atoms with Gasteiger partial charge in [-0.05, 0) is 36.6 Å². The van der Waals surface area contributed by atoms with Crippen LogP contribution < -0.4 is 15.0 Å². The van der Waals surface area contributed by atoms with E-state index >= 15 is 0 Å². The summed E-state index contributed by atoms with van der Waals surface area (Å²) in [7, 11) is 0. The van der Waals surface area contributed by atoms with Crippen LogP contribution in [0.5, 0.6) is 5.75 Å². The third-order valence-corrected chi connectivity index (χ3v) is 6.13. The number of fused-ring (bicyclic) bond motifs is 1. The minimum atomic E-state index is -0.0324. The number of rotatable bonds is 4. The molecule has 136 valence electrons. The number of aromatic nitrogens is 1. The van der Waals surface area contributed by atoms with Gasteiger partial charge in [-0.3, -0.25) is 5.32 Å². The van der Waals surface area contributed by atoms with Crippen molar-refractivity contribution in [1.82, 2.24) is 9.88 Å². The average molecular weight is 389 g/mol. The quantitative estimate of drug-likeness (QED) is 0.731. The van der Waals surface area contributed by atoms with Crippen LogP contribution in [0.4, 0.5) is 14.9 Å². The monoisotopic (exact) mass is 388 g/mol. The number of benzene rings is 1. The van der Waals surface area contributed by atoms with E-state index in [1.165, 1.54) is 11.3 Å². The van der Waals surface area contributed by atoms with Gasteiger partial charge in [0.2, 0.25) is 0 Å². The van der Waals surface area contributed by atoms with Crippen molar-refractivity contribution in [3.05, 3.63) is 35.7 Å². The molecule has 1 fully saturated rings.